The van der Waals surface area contributed by atoms with Crippen molar-refractivity contribution in [2.45, 2.75) is 32.4 Å². The molecule has 0 saturated carbocycles. The zero-order valence-corrected chi connectivity index (χ0v) is 14.4. The molecule has 1 saturated heterocycles. The summed E-state index contributed by atoms with van der Waals surface area (Å²) in [5, 5.41) is 3.04. The molecule has 0 radical (unpaired) electrons. The van der Waals surface area contributed by atoms with Crippen LogP contribution in [0.1, 0.15) is 25.3 Å². The molecule has 0 unspecified atom stereocenters. The molecule has 0 aromatic carbocycles. The van der Waals surface area contributed by atoms with Crippen LogP contribution < -0.4 is 10.2 Å². The number of hydrogen-bond donors (Lipinski definition) is 1. The Kier molecular flexibility index (Phi) is 6.80. The fourth-order valence-corrected chi connectivity index (χ4v) is 2.78. The number of amides is 1. The molecule has 6 heteroatoms. The summed E-state index contributed by atoms with van der Waals surface area (Å²) >= 11 is 0. The molecule has 23 heavy (non-hydrogen) atoms. The summed E-state index contributed by atoms with van der Waals surface area (Å²) in [7, 11) is 3.91. The van der Waals surface area contributed by atoms with Crippen LogP contribution in [0.15, 0.2) is 18.3 Å². The maximum Gasteiger partial charge on any atom is 0.240 e. The maximum absolute atomic E-state index is 12.6. The van der Waals surface area contributed by atoms with Crippen LogP contribution in [0, 0.1) is 0 Å². The lowest BCUT2D eigenvalue weighted by Gasteiger charge is -2.34. The molecule has 1 aliphatic rings. The predicted molar refractivity (Wildman–Crippen MR) is 91.5 cm³/mol. The first-order valence-electron chi connectivity index (χ1n) is 8.34. The Labute approximate surface area is 138 Å². The number of aromatic nitrogens is 1. The van der Waals surface area contributed by atoms with Gasteiger partial charge in [0.25, 0.3) is 0 Å². The minimum atomic E-state index is -0.185. The van der Waals surface area contributed by atoms with Crippen LogP contribution in [0.3, 0.4) is 0 Å². The number of rotatable bonds is 7. The zero-order chi connectivity index (χ0) is 16.7. The third-order valence-corrected chi connectivity index (χ3v) is 4.09. The Morgan fingerprint density at radius 2 is 2.35 bits per heavy atom. The van der Waals surface area contributed by atoms with E-state index >= 15 is 0 Å². The van der Waals surface area contributed by atoms with Gasteiger partial charge in [-0.1, -0.05) is 19.4 Å². The molecule has 6 nitrogen and oxygen atoms in total. The van der Waals surface area contributed by atoms with Gasteiger partial charge in [0.1, 0.15) is 11.9 Å². The summed E-state index contributed by atoms with van der Waals surface area (Å²) in [6.45, 7) is 5.62. The second-order valence-corrected chi connectivity index (χ2v) is 6.08. The van der Waals surface area contributed by atoms with Gasteiger partial charge in [0.05, 0.1) is 13.2 Å². The summed E-state index contributed by atoms with van der Waals surface area (Å²) in [6, 6.07) is 3.70. The monoisotopic (exact) mass is 320 g/mol. The van der Waals surface area contributed by atoms with Crippen molar-refractivity contribution in [3.8, 4) is 0 Å². The summed E-state index contributed by atoms with van der Waals surface area (Å²) in [5.41, 5.74) is 1.02. The lowest BCUT2D eigenvalue weighted by molar-refractivity contribution is -0.132. The van der Waals surface area contributed by atoms with E-state index in [4.69, 9.17) is 4.74 Å². The molecule has 1 amide bonds. The molecule has 2 rings (SSSR count). The number of carbonyl (C=O) groups excluding carboxylic acids is 1. The second kappa shape index (κ2) is 8.84. The van der Waals surface area contributed by atoms with Gasteiger partial charge in [-0.15, -0.1) is 0 Å². The minimum Gasteiger partial charge on any atom is -0.378 e. The Morgan fingerprint density at radius 1 is 1.52 bits per heavy atom. The Morgan fingerprint density at radius 3 is 3.09 bits per heavy atom. The molecule has 1 fully saturated rings. The van der Waals surface area contributed by atoms with Gasteiger partial charge in [-0.05, 0) is 19.0 Å². The van der Waals surface area contributed by atoms with Crippen molar-refractivity contribution in [2.24, 2.45) is 0 Å². The van der Waals surface area contributed by atoms with E-state index < -0.39 is 0 Å². The second-order valence-electron chi connectivity index (χ2n) is 6.08. The molecule has 1 N–H and O–H groups in total. The molecule has 0 spiro atoms. The van der Waals surface area contributed by atoms with Crippen molar-refractivity contribution < 1.29 is 9.53 Å². The lowest BCUT2D eigenvalue weighted by Crippen LogP contribution is -2.53. The number of carbonyl (C=O) groups is 1. The van der Waals surface area contributed by atoms with Crippen LogP contribution in [0.4, 0.5) is 5.82 Å². The van der Waals surface area contributed by atoms with Gasteiger partial charge in [-0.25, -0.2) is 4.98 Å². The van der Waals surface area contributed by atoms with Crippen LogP contribution in [0.25, 0.3) is 0 Å². The van der Waals surface area contributed by atoms with Gasteiger partial charge in [0, 0.05) is 38.9 Å². The first-order chi connectivity index (χ1) is 11.1. The number of hydrogen-bond acceptors (Lipinski definition) is 5. The van der Waals surface area contributed by atoms with E-state index in [-0.39, 0.29) is 11.9 Å². The van der Waals surface area contributed by atoms with Crippen LogP contribution in [-0.2, 0) is 16.1 Å². The maximum atomic E-state index is 12.6. The summed E-state index contributed by atoms with van der Waals surface area (Å²) < 4.78 is 5.50. The van der Waals surface area contributed by atoms with Crippen molar-refractivity contribution >= 4 is 11.7 Å². The smallest absolute Gasteiger partial charge is 0.240 e. The van der Waals surface area contributed by atoms with E-state index in [0.29, 0.717) is 19.8 Å². The Balaban J connectivity index is 1.95. The quantitative estimate of drug-likeness (QED) is 0.820. The van der Waals surface area contributed by atoms with Crippen molar-refractivity contribution in [1.82, 2.24) is 15.2 Å². The normalized spacial score (nSPS) is 18.7. The zero-order valence-electron chi connectivity index (χ0n) is 14.4. The predicted octanol–water partition coefficient (Wildman–Crippen LogP) is 1.26. The Bertz CT molecular complexity index is 507. The molecule has 1 aromatic heterocycles. The number of anilines is 1. The third kappa shape index (κ3) is 4.91. The van der Waals surface area contributed by atoms with E-state index in [2.05, 4.69) is 22.1 Å². The first-order valence-corrected chi connectivity index (χ1v) is 8.34. The highest BCUT2D eigenvalue weighted by Crippen LogP contribution is 2.14. The van der Waals surface area contributed by atoms with Crippen molar-refractivity contribution in [2.75, 3.05) is 45.3 Å². The van der Waals surface area contributed by atoms with Crippen LogP contribution >= 0.6 is 0 Å². The van der Waals surface area contributed by atoms with Crippen molar-refractivity contribution in [3.63, 3.8) is 0 Å². The van der Waals surface area contributed by atoms with Crippen LogP contribution in [-0.4, -0.2) is 62.2 Å². The summed E-state index contributed by atoms with van der Waals surface area (Å²) in [4.78, 5) is 21.1. The van der Waals surface area contributed by atoms with E-state index in [0.717, 1.165) is 37.3 Å². The lowest BCUT2D eigenvalue weighted by atomic mass is 10.1. The SMILES string of the molecule is CCCCN1CCOC[C@@H]1C(=O)NCc1cccnc1N(C)C. The van der Waals surface area contributed by atoms with Gasteiger partial charge in [0.2, 0.25) is 5.91 Å². The molecule has 1 atom stereocenters. The van der Waals surface area contributed by atoms with E-state index in [1.807, 2.05) is 31.1 Å². The van der Waals surface area contributed by atoms with Gasteiger partial charge in [0.15, 0.2) is 0 Å². The van der Waals surface area contributed by atoms with E-state index in [1.165, 1.54) is 0 Å². The molecule has 0 aliphatic carbocycles. The molecule has 1 aliphatic heterocycles. The standard InChI is InChI=1S/C17H28N4O2/c1-4-5-9-21-10-11-23-13-15(21)17(22)19-12-14-7-6-8-18-16(14)20(2)3/h6-8,15H,4-5,9-13H2,1-3H3,(H,19,22)/t15-/m1/s1. The molecule has 0 bridgehead atoms. The minimum absolute atomic E-state index is 0.0364. The topological polar surface area (TPSA) is 57.7 Å². The van der Waals surface area contributed by atoms with Crippen molar-refractivity contribution in [3.05, 3.63) is 23.9 Å². The molecular weight excluding hydrogens is 292 g/mol. The number of ether oxygens (including phenoxy) is 1. The largest absolute Gasteiger partial charge is 0.378 e. The van der Waals surface area contributed by atoms with Gasteiger partial charge in [-0.2, -0.15) is 0 Å². The van der Waals surface area contributed by atoms with Gasteiger partial charge >= 0.3 is 0 Å². The Hall–Kier alpha value is -1.66. The summed E-state index contributed by atoms with van der Waals surface area (Å²) in [6.07, 6.45) is 4.01. The summed E-state index contributed by atoms with van der Waals surface area (Å²) in [5.74, 6) is 0.921. The number of nitrogens with one attached hydrogen (secondary N) is 1. The first kappa shape index (κ1) is 17.7. The highest BCUT2D eigenvalue weighted by molar-refractivity contribution is 5.82. The van der Waals surface area contributed by atoms with Crippen LogP contribution in [0.2, 0.25) is 0 Å². The molecular formula is C17H28N4O2. The van der Waals surface area contributed by atoms with E-state index in [9.17, 15) is 4.79 Å². The van der Waals surface area contributed by atoms with Crippen molar-refractivity contribution in [1.29, 1.82) is 0 Å². The number of nitrogens with zero attached hydrogens (tertiary/aromatic N) is 3. The number of pyridine rings is 1. The highest BCUT2D eigenvalue weighted by atomic mass is 16.5. The van der Waals surface area contributed by atoms with Gasteiger partial charge < -0.3 is 15.0 Å². The fourth-order valence-electron chi connectivity index (χ4n) is 2.78. The van der Waals surface area contributed by atoms with E-state index in [1.54, 1.807) is 6.20 Å². The van der Waals surface area contributed by atoms with Crippen LogP contribution in [0.5, 0.6) is 0 Å². The third-order valence-electron chi connectivity index (χ3n) is 4.09. The van der Waals surface area contributed by atoms with Gasteiger partial charge in [-0.3, -0.25) is 9.69 Å². The highest BCUT2D eigenvalue weighted by Gasteiger charge is 2.28. The average molecular weight is 320 g/mol. The average Bonchev–Trinajstić information content (AvgIpc) is 2.58. The fraction of sp³-hybridized carbons (Fsp3) is 0.647. The molecule has 128 valence electrons. The number of unbranched alkanes of at least 4 members (excludes halogenated alkanes) is 1. The number of morpholine rings is 1. The molecule has 1 aromatic rings. The molecule has 2 heterocycles.